The lowest BCUT2D eigenvalue weighted by Gasteiger charge is -2.34. The third-order valence-electron chi connectivity index (χ3n) is 3.91. The Morgan fingerprint density at radius 3 is 2.76 bits per heavy atom. The molecular weight excluding hydrogens is 264 g/mol. The molecule has 1 fully saturated rings. The van der Waals surface area contributed by atoms with Gasteiger partial charge in [-0.15, -0.1) is 5.10 Å². The van der Waals surface area contributed by atoms with Gasteiger partial charge in [-0.3, -0.25) is 4.90 Å². The van der Waals surface area contributed by atoms with Crippen LogP contribution in [0.4, 0.5) is 0 Å². The van der Waals surface area contributed by atoms with Gasteiger partial charge in [-0.2, -0.15) is 0 Å². The Morgan fingerprint density at radius 1 is 1.19 bits per heavy atom. The molecule has 1 aliphatic heterocycles. The maximum absolute atomic E-state index is 6.11. The number of tetrazole rings is 1. The number of aromatic nitrogens is 4. The lowest BCUT2D eigenvalue weighted by molar-refractivity contribution is 0.153. The minimum atomic E-state index is 0.257. The molecule has 0 bridgehead atoms. The van der Waals surface area contributed by atoms with Crippen LogP contribution in [0.1, 0.15) is 24.7 Å². The van der Waals surface area contributed by atoms with Crippen LogP contribution in [-0.2, 0) is 13.1 Å². The van der Waals surface area contributed by atoms with E-state index in [0.29, 0.717) is 12.5 Å². The van der Waals surface area contributed by atoms with Crippen molar-refractivity contribution in [2.45, 2.75) is 32.5 Å². The van der Waals surface area contributed by atoms with Crippen LogP contribution < -0.4 is 5.73 Å². The number of likely N-dealkylation sites (tertiary alicyclic amines) is 1. The second-order valence-electron chi connectivity index (χ2n) is 6.03. The van der Waals surface area contributed by atoms with Crippen molar-refractivity contribution in [3.05, 3.63) is 41.7 Å². The monoisotopic (exact) mass is 286 g/mol. The van der Waals surface area contributed by atoms with Crippen molar-refractivity contribution in [2.24, 2.45) is 11.7 Å². The summed E-state index contributed by atoms with van der Waals surface area (Å²) >= 11 is 0. The van der Waals surface area contributed by atoms with E-state index in [1.165, 1.54) is 5.56 Å². The molecule has 0 spiro atoms. The summed E-state index contributed by atoms with van der Waals surface area (Å²) in [7, 11) is 0. The second-order valence-corrected chi connectivity index (χ2v) is 6.03. The highest BCUT2D eigenvalue weighted by Crippen LogP contribution is 2.16. The van der Waals surface area contributed by atoms with Crippen LogP contribution in [0, 0.1) is 5.92 Å². The van der Waals surface area contributed by atoms with Crippen molar-refractivity contribution in [1.29, 1.82) is 0 Å². The average molecular weight is 286 g/mol. The molecule has 2 N–H and O–H groups in total. The maximum atomic E-state index is 6.11. The molecule has 0 radical (unpaired) electrons. The summed E-state index contributed by atoms with van der Waals surface area (Å²) in [6.45, 7) is 5.70. The smallest absolute Gasteiger partial charge is 0.165 e. The summed E-state index contributed by atoms with van der Waals surface area (Å²) in [4.78, 5) is 2.35. The molecule has 2 unspecified atom stereocenters. The average Bonchev–Trinajstić information content (AvgIpc) is 2.86. The molecule has 2 atom stereocenters. The highest BCUT2D eigenvalue weighted by molar-refractivity contribution is 5.14. The Bertz CT molecular complexity index is 557. The number of hydrogen-bond acceptors (Lipinski definition) is 5. The third-order valence-corrected chi connectivity index (χ3v) is 3.91. The Hall–Kier alpha value is -1.79. The maximum Gasteiger partial charge on any atom is 0.165 e. The van der Waals surface area contributed by atoms with Crippen LogP contribution >= 0.6 is 0 Å². The summed E-state index contributed by atoms with van der Waals surface area (Å²) in [5.74, 6) is 1.53. The van der Waals surface area contributed by atoms with Crippen molar-refractivity contribution >= 4 is 0 Å². The Kier molecular flexibility index (Phi) is 4.26. The van der Waals surface area contributed by atoms with Gasteiger partial charge < -0.3 is 5.73 Å². The van der Waals surface area contributed by atoms with Crippen LogP contribution in [0.3, 0.4) is 0 Å². The van der Waals surface area contributed by atoms with E-state index >= 15 is 0 Å². The zero-order valence-electron chi connectivity index (χ0n) is 12.4. The molecule has 6 nitrogen and oxygen atoms in total. The predicted molar refractivity (Wildman–Crippen MR) is 80.4 cm³/mol. The van der Waals surface area contributed by atoms with Crippen LogP contribution in [0.2, 0.25) is 0 Å². The number of piperidine rings is 1. The molecule has 0 amide bonds. The van der Waals surface area contributed by atoms with Crippen molar-refractivity contribution < 1.29 is 0 Å². The van der Waals surface area contributed by atoms with Gasteiger partial charge in [-0.25, -0.2) is 4.68 Å². The summed E-state index contributed by atoms with van der Waals surface area (Å²) in [6.07, 6.45) is 1.10. The quantitative estimate of drug-likeness (QED) is 0.903. The van der Waals surface area contributed by atoms with E-state index < -0.39 is 0 Å². The first-order chi connectivity index (χ1) is 10.2. The number of hydrogen-bond donors (Lipinski definition) is 1. The molecule has 1 aliphatic rings. The highest BCUT2D eigenvalue weighted by atomic mass is 15.5. The van der Waals surface area contributed by atoms with Gasteiger partial charge in [-0.1, -0.05) is 37.3 Å². The van der Waals surface area contributed by atoms with Gasteiger partial charge in [0.05, 0.1) is 13.1 Å². The van der Waals surface area contributed by atoms with Crippen LogP contribution in [0.5, 0.6) is 0 Å². The lowest BCUT2D eigenvalue weighted by Crippen LogP contribution is -2.46. The van der Waals surface area contributed by atoms with Gasteiger partial charge in [0, 0.05) is 19.1 Å². The van der Waals surface area contributed by atoms with Gasteiger partial charge in [0.2, 0.25) is 0 Å². The normalized spacial score (nSPS) is 23.3. The standard InChI is InChI=1S/C15H22N6/c1-12-7-14(16)10-20(8-12)11-15-17-18-19-21(15)9-13-5-3-2-4-6-13/h2-6,12,14H,7-11,16H2,1H3. The van der Waals surface area contributed by atoms with Crippen molar-refractivity contribution in [2.75, 3.05) is 13.1 Å². The fourth-order valence-corrected chi connectivity index (χ4v) is 3.06. The van der Waals surface area contributed by atoms with E-state index in [1.54, 1.807) is 0 Å². The zero-order valence-corrected chi connectivity index (χ0v) is 12.4. The molecule has 2 heterocycles. The third kappa shape index (κ3) is 3.65. The number of rotatable bonds is 4. The molecular formula is C15H22N6. The van der Waals surface area contributed by atoms with E-state index in [-0.39, 0.29) is 6.04 Å². The Balaban J connectivity index is 1.68. The molecule has 2 aromatic rings. The summed E-state index contributed by atoms with van der Waals surface area (Å²) < 4.78 is 1.88. The SMILES string of the molecule is CC1CC(N)CN(Cc2nnnn2Cc2ccccc2)C1. The minimum Gasteiger partial charge on any atom is -0.327 e. The van der Waals surface area contributed by atoms with Crippen molar-refractivity contribution in [1.82, 2.24) is 25.1 Å². The molecule has 1 aromatic heterocycles. The van der Waals surface area contributed by atoms with Gasteiger partial charge >= 0.3 is 0 Å². The molecule has 6 heteroatoms. The minimum absolute atomic E-state index is 0.257. The molecule has 1 aromatic carbocycles. The van der Waals surface area contributed by atoms with Gasteiger partial charge in [0.25, 0.3) is 0 Å². The zero-order chi connectivity index (χ0) is 14.7. The first-order valence-electron chi connectivity index (χ1n) is 7.47. The van der Waals surface area contributed by atoms with E-state index in [0.717, 1.165) is 31.9 Å². The summed E-state index contributed by atoms with van der Waals surface area (Å²) in [5, 5.41) is 12.1. The second kappa shape index (κ2) is 6.32. The largest absolute Gasteiger partial charge is 0.327 e. The molecule has 3 rings (SSSR count). The first-order valence-corrected chi connectivity index (χ1v) is 7.47. The van der Waals surface area contributed by atoms with Gasteiger partial charge in [0.15, 0.2) is 5.82 Å². The topological polar surface area (TPSA) is 72.9 Å². The molecule has 0 aliphatic carbocycles. The Morgan fingerprint density at radius 2 is 2.00 bits per heavy atom. The Labute approximate surface area is 124 Å². The fraction of sp³-hybridized carbons (Fsp3) is 0.533. The van der Waals surface area contributed by atoms with Crippen LogP contribution in [0.25, 0.3) is 0 Å². The number of nitrogens with two attached hydrogens (primary N) is 1. The first kappa shape index (κ1) is 14.2. The van der Waals surface area contributed by atoms with E-state index in [9.17, 15) is 0 Å². The number of nitrogens with zero attached hydrogens (tertiary/aromatic N) is 5. The predicted octanol–water partition coefficient (Wildman–Crippen LogP) is 0.890. The highest BCUT2D eigenvalue weighted by Gasteiger charge is 2.23. The molecule has 21 heavy (non-hydrogen) atoms. The summed E-state index contributed by atoms with van der Waals surface area (Å²) in [5.41, 5.74) is 7.31. The molecule has 0 saturated carbocycles. The fourth-order valence-electron chi connectivity index (χ4n) is 3.06. The lowest BCUT2D eigenvalue weighted by atomic mass is 9.97. The van der Waals surface area contributed by atoms with Gasteiger partial charge in [0.1, 0.15) is 0 Å². The van der Waals surface area contributed by atoms with Crippen molar-refractivity contribution in [3.63, 3.8) is 0 Å². The van der Waals surface area contributed by atoms with E-state index in [1.807, 2.05) is 22.9 Å². The van der Waals surface area contributed by atoms with Gasteiger partial charge in [-0.05, 0) is 28.3 Å². The molecule has 1 saturated heterocycles. The summed E-state index contributed by atoms with van der Waals surface area (Å²) in [6, 6.07) is 10.5. The molecule has 112 valence electrons. The van der Waals surface area contributed by atoms with E-state index in [2.05, 4.69) is 39.5 Å². The number of benzene rings is 1. The van der Waals surface area contributed by atoms with Crippen molar-refractivity contribution in [3.8, 4) is 0 Å². The van der Waals surface area contributed by atoms with E-state index in [4.69, 9.17) is 5.73 Å². The van der Waals surface area contributed by atoms with Crippen LogP contribution in [0.15, 0.2) is 30.3 Å². The van der Waals surface area contributed by atoms with Crippen LogP contribution in [-0.4, -0.2) is 44.2 Å².